The van der Waals surface area contributed by atoms with E-state index in [1.54, 1.807) is 36.4 Å². The Morgan fingerprint density at radius 1 is 1.03 bits per heavy atom. The maximum Gasteiger partial charge on any atom is 0.379 e. The summed E-state index contributed by atoms with van der Waals surface area (Å²) in [6.07, 6.45) is 1.40. The molecule has 0 bridgehead atoms. The molecule has 0 N–H and O–H groups in total. The molecule has 7 nitrogen and oxygen atoms in total. The number of hydrogen-bond donors (Lipinski definition) is 0. The van der Waals surface area contributed by atoms with E-state index in [1.165, 1.54) is 28.8 Å². The third kappa shape index (κ3) is 4.79. The second-order valence-electron chi connectivity index (χ2n) is 6.83. The molecule has 31 heavy (non-hydrogen) atoms. The lowest BCUT2D eigenvalue weighted by Crippen LogP contribution is -2.48. The molecule has 4 rings (SSSR count). The van der Waals surface area contributed by atoms with Crippen molar-refractivity contribution in [3.63, 3.8) is 0 Å². The van der Waals surface area contributed by atoms with Crippen LogP contribution in [0.25, 0.3) is 0 Å². The van der Waals surface area contributed by atoms with Gasteiger partial charge in [0.1, 0.15) is 5.75 Å². The van der Waals surface area contributed by atoms with E-state index in [1.807, 2.05) is 4.90 Å². The lowest BCUT2D eigenvalue weighted by atomic mass is 10.2. The van der Waals surface area contributed by atoms with Crippen LogP contribution in [0.5, 0.6) is 5.75 Å². The Labute approximate surface area is 193 Å². The molecule has 162 valence electrons. The number of furan rings is 1. The molecule has 0 atom stereocenters. The summed E-state index contributed by atoms with van der Waals surface area (Å²) in [5.74, 6) is -0.0987. The Morgan fingerprint density at radius 3 is 2.39 bits per heavy atom. The average Bonchev–Trinajstić information content (AvgIpc) is 3.31. The summed E-state index contributed by atoms with van der Waals surface area (Å²) in [5.41, 5.74) is 0.813. The van der Waals surface area contributed by atoms with Crippen molar-refractivity contribution in [3.8, 4) is 5.75 Å². The number of halogens is 2. The maximum atomic E-state index is 12.9. The highest BCUT2D eigenvalue weighted by Crippen LogP contribution is 2.32. The Morgan fingerprint density at radius 2 is 1.74 bits per heavy atom. The number of ether oxygens (including phenoxy) is 1. The lowest BCUT2D eigenvalue weighted by Gasteiger charge is -2.36. The van der Waals surface area contributed by atoms with Gasteiger partial charge in [-0.3, -0.25) is 0 Å². The van der Waals surface area contributed by atoms with Gasteiger partial charge in [0.25, 0.3) is 0 Å². The van der Waals surface area contributed by atoms with Crippen LogP contribution < -0.4 is 9.64 Å². The van der Waals surface area contributed by atoms with Crippen LogP contribution in [0.3, 0.4) is 0 Å². The summed E-state index contributed by atoms with van der Waals surface area (Å²) in [7, 11) is -3.59. The molecule has 2 heterocycles. The molecule has 1 aliphatic rings. The fourth-order valence-electron chi connectivity index (χ4n) is 3.28. The van der Waals surface area contributed by atoms with Gasteiger partial charge < -0.3 is 14.1 Å². The number of rotatable bonds is 5. The zero-order valence-electron chi connectivity index (χ0n) is 16.2. The van der Waals surface area contributed by atoms with Crippen molar-refractivity contribution < 1.29 is 22.4 Å². The van der Waals surface area contributed by atoms with E-state index in [4.69, 9.17) is 20.8 Å². The minimum atomic E-state index is -3.59. The van der Waals surface area contributed by atoms with E-state index in [-0.39, 0.29) is 10.7 Å². The number of carbonyl (C=O) groups is 1. The summed E-state index contributed by atoms with van der Waals surface area (Å²) in [6.45, 7) is 1.63. The van der Waals surface area contributed by atoms with Gasteiger partial charge in [0.15, 0.2) is 0 Å². The van der Waals surface area contributed by atoms with Crippen molar-refractivity contribution in [1.29, 1.82) is 0 Å². The molecule has 0 spiro atoms. The molecule has 0 aliphatic carbocycles. The van der Waals surface area contributed by atoms with Crippen molar-refractivity contribution >= 4 is 49.2 Å². The van der Waals surface area contributed by atoms with Crippen LogP contribution >= 0.6 is 27.5 Å². The SMILES string of the molecule is O=C(Oc1ccc(Br)c(N2CCN(S(=O)(=O)c3ccc(Cl)cc3)CC2)c1)c1ccco1. The molecule has 3 aromatic rings. The first-order valence-electron chi connectivity index (χ1n) is 9.40. The highest BCUT2D eigenvalue weighted by atomic mass is 79.9. The number of esters is 1. The molecule has 10 heteroatoms. The summed E-state index contributed by atoms with van der Waals surface area (Å²) in [5, 5.41) is 0.487. The molecular weight excluding hydrogens is 508 g/mol. The fourth-order valence-corrected chi connectivity index (χ4v) is 5.32. The second-order valence-corrected chi connectivity index (χ2v) is 10.1. The normalized spacial score (nSPS) is 15.1. The zero-order valence-corrected chi connectivity index (χ0v) is 19.4. The first kappa shape index (κ1) is 21.9. The summed E-state index contributed by atoms with van der Waals surface area (Å²) in [6, 6.07) is 14.5. The Hall–Kier alpha value is -2.33. The van der Waals surface area contributed by atoms with Crippen LogP contribution in [0.15, 0.2) is 74.6 Å². The number of nitrogens with zero attached hydrogens (tertiary/aromatic N) is 2. The first-order valence-corrected chi connectivity index (χ1v) is 12.0. The van der Waals surface area contributed by atoms with Crippen LogP contribution in [0.1, 0.15) is 10.6 Å². The highest BCUT2D eigenvalue weighted by molar-refractivity contribution is 9.10. The molecule has 0 radical (unpaired) electrons. The van der Waals surface area contributed by atoms with Crippen molar-refractivity contribution in [2.24, 2.45) is 0 Å². The number of carbonyl (C=O) groups excluding carboxylic acids is 1. The Bertz CT molecular complexity index is 1170. The fraction of sp³-hybridized carbons (Fsp3) is 0.190. The Kier molecular flexibility index (Phi) is 6.38. The molecule has 0 amide bonds. The smallest absolute Gasteiger partial charge is 0.379 e. The molecule has 1 aliphatic heterocycles. The molecule has 0 unspecified atom stereocenters. The van der Waals surface area contributed by atoms with E-state index < -0.39 is 16.0 Å². The molecule has 1 aromatic heterocycles. The summed E-state index contributed by atoms with van der Waals surface area (Å²) in [4.78, 5) is 14.4. The lowest BCUT2D eigenvalue weighted by molar-refractivity contribution is 0.0701. The van der Waals surface area contributed by atoms with Gasteiger partial charge in [0.2, 0.25) is 15.8 Å². The standard InChI is InChI=1S/C21H18BrClN2O5S/c22-18-8-5-16(30-21(26)20-2-1-13-29-20)14-19(18)24-9-11-25(12-10-24)31(27,28)17-6-3-15(23)4-7-17/h1-8,13-14H,9-12H2. The molecule has 0 saturated carbocycles. The van der Waals surface area contributed by atoms with Gasteiger partial charge >= 0.3 is 5.97 Å². The van der Waals surface area contributed by atoms with Gasteiger partial charge in [-0.25, -0.2) is 13.2 Å². The number of piperazine rings is 1. The topological polar surface area (TPSA) is 80.1 Å². The predicted octanol–water partition coefficient (Wildman–Crippen LogP) is 4.43. The largest absolute Gasteiger partial charge is 0.457 e. The minimum Gasteiger partial charge on any atom is -0.457 e. The quantitative estimate of drug-likeness (QED) is 0.362. The van der Waals surface area contributed by atoms with Gasteiger partial charge in [-0.15, -0.1) is 0 Å². The summed E-state index contributed by atoms with van der Waals surface area (Å²) >= 11 is 9.39. The van der Waals surface area contributed by atoms with Crippen LogP contribution in [0.2, 0.25) is 5.02 Å². The van der Waals surface area contributed by atoms with Crippen molar-refractivity contribution in [2.75, 3.05) is 31.1 Å². The number of benzene rings is 2. The number of hydrogen-bond acceptors (Lipinski definition) is 6. The monoisotopic (exact) mass is 524 g/mol. The number of anilines is 1. The van der Waals surface area contributed by atoms with Crippen LogP contribution in [0, 0.1) is 0 Å². The first-order chi connectivity index (χ1) is 14.8. The highest BCUT2D eigenvalue weighted by Gasteiger charge is 2.29. The third-order valence-corrected chi connectivity index (χ3v) is 7.72. The van der Waals surface area contributed by atoms with Crippen LogP contribution in [-0.4, -0.2) is 44.9 Å². The molecule has 1 fully saturated rings. The van der Waals surface area contributed by atoms with Crippen molar-refractivity contribution in [3.05, 3.63) is 76.1 Å². The predicted molar refractivity (Wildman–Crippen MR) is 120 cm³/mol. The van der Waals surface area contributed by atoms with Gasteiger partial charge in [-0.1, -0.05) is 11.6 Å². The molecule has 2 aromatic carbocycles. The molecule has 1 saturated heterocycles. The van der Waals surface area contributed by atoms with E-state index in [9.17, 15) is 13.2 Å². The Balaban J connectivity index is 1.46. The number of sulfonamides is 1. The van der Waals surface area contributed by atoms with Gasteiger partial charge in [-0.2, -0.15) is 4.31 Å². The average molecular weight is 526 g/mol. The van der Waals surface area contributed by atoms with E-state index >= 15 is 0 Å². The van der Waals surface area contributed by atoms with Crippen molar-refractivity contribution in [1.82, 2.24) is 4.31 Å². The van der Waals surface area contributed by atoms with E-state index in [0.717, 1.165) is 10.2 Å². The minimum absolute atomic E-state index is 0.116. The third-order valence-electron chi connectivity index (χ3n) is 4.88. The van der Waals surface area contributed by atoms with Gasteiger partial charge in [0.05, 0.1) is 16.8 Å². The second kappa shape index (κ2) is 9.04. The molecular formula is C21H18BrClN2O5S. The zero-order chi connectivity index (χ0) is 22.0. The van der Waals surface area contributed by atoms with Crippen molar-refractivity contribution in [2.45, 2.75) is 4.90 Å². The van der Waals surface area contributed by atoms with Gasteiger partial charge in [0, 0.05) is 41.7 Å². The van der Waals surface area contributed by atoms with Crippen LogP contribution in [0.4, 0.5) is 5.69 Å². The van der Waals surface area contributed by atoms with Gasteiger partial charge in [-0.05, 0) is 64.5 Å². The van der Waals surface area contributed by atoms with Crippen LogP contribution in [-0.2, 0) is 10.0 Å². The van der Waals surface area contributed by atoms with E-state index in [0.29, 0.717) is 37.0 Å². The van der Waals surface area contributed by atoms with E-state index in [2.05, 4.69) is 15.9 Å². The summed E-state index contributed by atoms with van der Waals surface area (Å²) < 4.78 is 38.5. The maximum absolute atomic E-state index is 12.9.